The summed E-state index contributed by atoms with van der Waals surface area (Å²) in [7, 11) is 1.88. The summed E-state index contributed by atoms with van der Waals surface area (Å²) in [5.74, 6) is 0.819. The number of carbonyl (C=O) groups excluding carboxylic acids is 1. The van der Waals surface area contributed by atoms with Gasteiger partial charge >= 0.3 is 5.97 Å². The summed E-state index contributed by atoms with van der Waals surface area (Å²) in [6, 6.07) is 7.69. The second-order valence-corrected chi connectivity index (χ2v) is 5.95. The summed E-state index contributed by atoms with van der Waals surface area (Å²) in [5, 5.41) is 4.16. The van der Waals surface area contributed by atoms with E-state index in [1.807, 2.05) is 57.6 Å². The highest BCUT2D eigenvalue weighted by Crippen LogP contribution is 2.48. The maximum absolute atomic E-state index is 12.4. The van der Waals surface area contributed by atoms with Crippen LogP contribution in [0.4, 0.5) is 0 Å². The summed E-state index contributed by atoms with van der Waals surface area (Å²) in [5.41, 5.74) is 2.01. The van der Waals surface area contributed by atoms with Gasteiger partial charge < -0.3 is 9.47 Å². The van der Waals surface area contributed by atoms with Crippen molar-refractivity contribution in [3.8, 4) is 5.75 Å². The van der Waals surface area contributed by atoms with Crippen molar-refractivity contribution in [1.82, 2.24) is 9.78 Å². The Hall–Kier alpha value is -2.30. The Kier molecular flexibility index (Phi) is 4.37. The Morgan fingerprint density at radius 2 is 2.22 bits per heavy atom. The summed E-state index contributed by atoms with van der Waals surface area (Å²) >= 11 is 0. The van der Waals surface area contributed by atoms with E-state index in [1.165, 1.54) is 0 Å². The largest absolute Gasteiger partial charge is 0.493 e. The summed E-state index contributed by atoms with van der Waals surface area (Å²) in [6.45, 7) is 4.41. The first-order chi connectivity index (χ1) is 11.1. The molecule has 0 amide bonds. The van der Waals surface area contributed by atoms with Gasteiger partial charge in [-0.3, -0.25) is 9.48 Å². The van der Waals surface area contributed by atoms with Crippen LogP contribution in [0.3, 0.4) is 0 Å². The van der Waals surface area contributed by atoms with Crippen LogP contribution < -0.4 is 4.74 Å². The van der Waals surface area contributed by atoms with Gasteiger partial charge in [0.05, 0.1) is 18.7 Å². The molecule has 1 saturated carbocycles. The van der Waals surface area contributed by atoms with E-state index in [0.717, 1.165) is 23.3 Å². The maximum Gasteiger partial charge on any atom is 0.310 e. The van der Waals surface area contributed by atoms with Crippen molar-refractivity contribution < 1.29 is 14.3 Å². The topological polar surface area (TPSA) is 53.4 Å². The molecule has 1 aromatic carbocycles. The summed E-state index contributed by atoms with van der Waals surface area (Å²) in [6.07, 6.45) is 4.31. The Labute approximate surface area is 136 Å². The Morgan fingerprint density at radius 3 is 2.91 bits per heavy atom. The number of carbonyl (C=O) groups is 1. The number of ether oxygens (including phenoxy) is 2. The molecule has 0 spiro atoms. The van der Waals surface area contributed by atoms with E-state index in [0.29, 0.717) is 6.61 Å². The minimum absolute atomic E-state index is 0.0547. The average Bonchev–Trinajstić information content (AvgIpc) is 3.23. The molecule has 1 aromatic heterocycles. The third-order valence-electron chi connectivity index (χ3n) is 4.20. The highest BCUT2D eigenvalue weighted by Gasteiger charge is 2.46. The molecule has 5 heteroatoms. The number of aryl methyl sites for hydroxylation is 1. The molecule has 122 valence electrons. The van der Waals surface area contributed by atoms with Crippen molar-refractivity contribution in [2.24, 2.45) is 13.0 Å². The predicted octanol–water partition coefficient (Wildman–Crippen LogP) is 3.23. The number of nitrogens with zero attached hydrogens (tertiary/aromatic N) is 2. The molecule has 0 radical (unpaired) electrons. The molecule has 0 N–H and O–H groups in total. The van der Waals surface area contributed by atoms with Gasteiger partial charge in [0.25, 0.3) is 0 Å². The highest BCUT2D eigenvalue weighted by molar-refractivity contribution is 5.77. The Morgan fingerprint density at radius 1 is 1.43 bits per heavy atom. The minimum atomic E-state index is -0.319. The van der Waals surface area contributed by atoms with Crippen LogP contribution in [0.5, 0.6) is 5.75 Å². The lowest BCUT2D eigenvalue weighted by Crippen LogP contribution is -2.12. The van der Waals surface area contributed by atoms with Gasteiger partial charge in [0.2, 0.25) is 0 Å². The van der Waals surface area contributed by atoms with E-state index < -0.39 is 0 Å². The van der Waals surface area contributed by atoms with Crippen LogP contribution in [-0.4, -0.2) is 22.4 Å². The molecule has 0 aliphatic heterocycles. The number of para-hydroxylation sites is 1. The zero-order valence-electron chi connectivity index (χ0n) is 13.7. The molecule has 1 aliphatic rings. The molecule has 3 atom stereocenters. The summed E-state index contributed by atoms with van der Waals surface area (Å²) in [4.78, 5) is 12.4. The second kappa shape index (κ2) is 6.44. The van der Waals surface area contributed by atoms with Crippen molar-refractivity contribution >= 4 is 5.97 Å². The number of esters is 1. The molecule has 0 bridgehead atoms. The molecule has 1 heterocycles. The molecule has 1 fully saturated rings. The highest BCUT2D eigenvalue weighted by atomic mass is 16.5. The van der Waals surface area contributed by atoms with Crippen LogP contribution in [0.2, 0.25) is 0 Å². The first kappa shape index (κ1) is 15.6. The smallest absolute Gasteiger partial charge is 0.310 e. The van der Waals surface area contributed by atoms with Gasteiger partial charge in [0.15, 0.2) is 0 Å². The quantitative estimate of drug-likeness (QED) is 0.768. The zero-order chi connectivity index (χ0) is 16.4. The Balaban J connectivity index is 1.62. The minimum Gasteiger partial charge on any atom is -0.493 e. The first-order valence-electron chi connectivity index (χ1n) is 8.01. The SMILES string of the molecule is CCOc1ccccc1[C@H](C)OC(=O)[C@@H]1C[C@@H]1c1cnn(C)c1. The van der Waals surface area contributed by atoms with Gasteiger partial charge in [0, 0.05) is 24.7 Å². The van der Waals surface area contributed by atoms with Crippen LogP contribution in [0, 0.1) is 5.92 Å². The molecular formula is C18H22N2O3. The maximum atomic E-state index is 12.4. The van der Waals surface area contributed by atoms with Gasteiger partial charge in [-0.25, -0.2) is 0 Å². The van der Waals surface area contributed by atoms with Crippen molar-refractivity contribution in [1.29, 1.82) is 0 Å². The second-order valence-electron chi connectivity index (χ2n) is 5.95. The van der Waals surface area contributed by atoms with E-state index in [-0.39, 0.29) is 23.9 Å². The Bertz CT molecular complexity index is 695. The van der Waals surface area contributed by atoms with Crippen LogP contribution in [0.15, 0.2) is 36.7 Å². The van der Waals surface area contributed by atoms with Crippen molar-refractivity contribution in [2.45, 2.75) is 32.3 Å². The van der Waals surface area contributed by atoms with E-state index in [4.69, 9.17) is 9.47 Å². The van der Waals surface area contributed by atoms with Crippen molar-refractivity contribution in [3.63, 3.8) is 0 Å². The fraction of sp³-hybridized carbons (Fsp3) is 0.444. The normalized spacial score (nSPS) is 20.8. The van der Waals surface area contributed by atoms with Crippen LogP contribution in [-0.2, 0) is 16.6 Å². The van der Waals surface area contributed by atoms with E-state index in [1.54, 1.807) is 4.68 Å². The molecule has 2 aromatic rings. The lowest BCUT2D eigenvalue weighted by molar-refractivity contribution is -0.150. The average molecular weight is 314 g/mol. The van der Waals surface area contributed by atoms with Crippen LogP contribution in [0.25, 0.3) is 0 Å². The molecule has 0 saturated heterocycles. The van der Waals surface area contributed by atoms with Gasteiger partial charge in [-0.15, -0.1) is 0 Å². The standard InChI is InChI=1S/C18H22N2O3/c1-4-22-17-8-6-5-7-14(17)12(2)23-18(21)16-9-15(16)13-10-19-20(3)11-13/h5-8,10-12,15-16H,4,9H2,1-3H3/t12-,15+,16+/m0/s1. The number of hydrogen-bond acceptors (Lipinski definition) is 4. The van der Waals surface area contributed by atoms with E-state index in [2.05, 4.69) is 5.10 Å². The van der Waals surface area contributed by atoms with Gasteiger partial charge in [0.1, 0.15) is 11.9 Å². The molecule has 3 rings (SSSR count). The predicted molar refractivity (Wildman–Crippen MR) is 86.2 cm³/mol. The first-order valence-corrected chi connectivity index (χ1v) is 8.01. The monoisotopic (exact) mass is 314 g/mol. The van der Waals surface area contributed by atoms with E-state index in [9.17, 15) is 4.79 Å². The molecule has 23 heavy (non-hydrogen) atoms. The third-order valence-corrected chi connectivity index (χ3v) is 4.20. The summed E-state index contributed by atoms with van der Waals surface area (Å²) < 4.78 is 13.0. The van der Waals surface area contributed by atoms with Gasteiger partial charge in [-0.2, -0.15) is 5.10 Å². The van der Waals surface area contributed by atoms with E-state index >= 15 is 0 Å². The molecule has 1 aliphatic carbocycles. The number of benzene rings is 1. The third kappa shape index (κ3) is 3.38. The van der Waals surface area contributed by atoms with Crippen molar-refractivity contribution in [3.05, 3.63) is 47.8 Å². The lowest BCUT2D eigenvalue weighted by Gasteiger charge is -2.17. The van der Waals surface area contributed by atoms with Crippen molar-refractivity contribution in [2.75, 3.05) is 6.61 Å². The molecule has 5 nitrogen and oxygen atoms in total. The van der Waals surface area contributed by atoms with Gasteiger partial charge in [-0.1, -0.05) is 18.2 Å². The number of hydrogen-bond donors (Lipinski definition) is 0. The molecular weight excluding hydrogens is 292 g/mol. The lowest BCUT2D eigenvalue weighted by atomic mass is 10.1. The van der Waals surface area contributed by atoms with Gasteiger partial charge in [-0.05, 0) is 31.9 Å². The zero-order valence-corrected chi connectivity index (χ0v) is 13.7. The van der Waals surface area contributed by atoms with Crippen LogP contribution >= 0.6 is 0 Å². The fourth-order valence-electron chi connectivity index (χ4n) is 2.88. The molecule has 0 unspecified atom stereocenters. The number of aromatic nitrogens is 2. The van der Waals surface area contributed by atoms with Crippen LogP contribution in [0.1, 0.15) is 43.4 Å². The fourth-order valence-corrected chi connectivity index (χ4v) is 2.88. The number of rotatable bonds is 6.